The minimum Gasteiger partial charge on any atom is -0.497 e. The molecule has 0 saturated carbocycles. The number of fused-ring (bicyclic) bond motifs is 1. The van der Waals surface area contributed by atoms with Gasteiger partial charge < -0.3 is 10.1 Å². The van der Waals surface area contributed by atoms with Gasteiger partial charge in [-0.15, -0.1) is 0 Å². The maximum Gasteiger partial charge on any atom is 0.405 e. The zero-order valence-electron chi connectivity index (χ0n) is 16.7. The van der Waals surface area contributed by atoms with Crippen LogP contribution in [0.25, 0.3) is 0 Å². The number of hydrogen-bond acceptors (Lipinski definition) is 5. The van der Waals surface area contributed by atoms with E-state index in [-0.39, 0.29) is 18.3 Å². The lowest BCUT2D eigenvalue weighted by molar-refractivity contribution is -0.115. The van der Waals surface area contributed by atoms with Gasteiger partial charge in [0.25, 0.3) is 0 Å². The second-order valence-corrected chi connectivity index (χ2v) is 7.33. The molecule has 0 radical (unpaired) electrons. The lowest BCUT2D eigenvalue weighted by Gasteiger charge is -2.36. The van der Waals surface area contributed by atoms with Crippen LogP contribution >= 0.6 is 11.6 Å². The van der Waals surface area contributed by atoms with E-state index in [0.29, 0.717) is 27.7 Å². The summed E-state index contributed by atoms with van der Waals surface area (Å²) in [5.74, 6) is 0.601. The summed E-state index contributed by atoms with van der Waals surface area (Å²) in [4.78, 5) is 24.5. The summed E-state index contributed by atoms with van der Waals surface area (Å²) in [6, 6.07) is 13.0. The maximum absolute atomic E-state index is 13.5. The summed E-state index contributed by atoms with van der Waals surface area (Å²) in [6.45, 7) is -1.15. The number of ether oxygens (including phenoxy) is 1. The molecule has 0 atom stereocenters. The first-order chi connectivity index (χ1) is 15.2. The van der Waals surface area contributed by atoms with Crippen molar-refractivity contribution >= 4 is 40.8 Å². The fraction of sp³-hybridized carbons (Fsp3) is 0.190. The molecule has 1 aliphatic rings. The molecule has 1 N–H and O–H groups in total. The van der Waals surface area contributed by atoms with Crippen LogP contribution in [0.2, 0.25) is 5.02 Å². The van der Waals surface area contributed by atoms with Gasteiger partial charge in [-0.25, -0.2) is 14.7 Å². The molecule has 1 aromatic heterocycles. The van der Waals surface area contributed by atoms with Crippen molar-refractivity contribution in [2.45, 2.75) is 12.7 Å². The predicted molar refractivity (Wildman–Crippen MR) is 115 cm³/mol. The number of halogens is 4. The summed E-state index contributed by atoms with van der Waals surface area (Å²) >= 11 is 5.98. The minimum absolute atomic E-state index is 0.143. The zero-order valence-corrected chi connectivity index (χ0v) is 17.5. The third-order valence-corrected chi connectivity index (χ3v) is 4.97. The first-order valence-corrected chi connectivity index (χ1v) is 9.81. The van der Waals surface area contributed by atoms with Crippen molar-refractivity contribution < 1.29 is 22.7 Å². The van der Waals surface area contributed by atoms with Crippen LogP contribution in [0, 0.1) is 0 Å². The average molecular weight is 464 g/mol. The fourth-order valence-electron chi connectivity index (χ4n) is 3.20. The van der Waals surface area contributed by atoms with E-state index in [1.807, 2.05) is 0 Å². The number of alkyl halides is 3. The number of hydrogen-bond donors (Lipinski definition) is 1. The van der Waals surface area contributed by atoms with E-state index >= 15 is 0 Å². The van der Waals surface area contributed by atoms with Crippen LogP contribution in [-0.2, 0) is 6.54 Å². The Bertz CT molecular complexity index is 1120. The van der Waals surface area contributed by atoms with E-state index < -0.39 is 18.8 Å². The molecule has 3 aromatic rings. The topological polar surface area (TPSA) is 70.6 Å². The molecule has 32 heavy (non-hydrogen) atoms. The number of anilines is 4. The van der Waals surface area contributed by atoms with E-state index in [1.54, 1.807) is 55.6 Å². The SMILES string of the molecule is COc1ccc(N2Cc3cnc(NCC(F)(F)F)nc3N(c3ccc(Cl)cc3)C2=O)cc1. The van der Waals surface area contributed by atoms with Crippen molar-refractivity contribution in [3.8, 4) is 5.75 Å². The number of urea groups is 1. The van der Waals surface area contributed by atoms with E-state index in [4.69, 9.17) is 16.3 Å². The molecule has 0 bridgehead atoms. The highest BCUT2D eigenvalue weighted by Gasteiger charge is 2.35. The quantitative estimate of drug-likeness (QED) is 0.549. The fourth-order valence-corrected chi connectivity index (χ4v) is 3.33. The van der Waals surface area contributed by atoms with Crippen molar-refractivity contribution in [1.82, 2.24) is 9.97 Å². The molecular formula is C21H17ClF3N5O2. The molecule has 11 heteroatoms. The molecule has 2 heterocycles. The van der Waals surface area contributed by atoms with Gasteiger partial charge in [-0.2, -0.15) is 18.2 Å². The molecule has 0 fully saturated rings. The number of nitrogens with one attached hydrogen (secondary N) is 1. The number of nitrogens with zero attached hydrogens (tertiary/aromatic N) is 4. The summed E-state index contributed by atoms with van der Waals surface area (Å²) in [5.41, 5.74) is 1.63. The van der Waals surface area contributed by atoms with Crippen LogP contribution in [0.5, 0.6) is 5.75 Å². The number of aromatic nitrogens is 2. The maximum atomic E-state index is 13.5. The molecule has 166 valence electrons. The van der Waals surface area contributed by atoms with Gasteiger partial charge in [0.15, 0.2) is 5.82 Å². The highest BCUT2D eigenvalue weighted by molar-refractivity contribution is 6.30. The largest absolute Gasteiger partial charge is 0.497 e. The third kappa shape index (κ3) is 4.54. The van der Waals surface area contributed by atoms with Gasteiger partial charge >= 0.3 is 12.2 Å². The van der Waals surface area contributed by atoms with Crippen molar-refractivity contribution in [1.29, 1.82) is 0 Å². The second kappa shape index (κ2) is 8.54. The van der Waals surface area contributed by atoms with Gasteiger partial charge in [-0.3, -0.25) is 4.90 Å². The van der Waals surface area contributed by atoms with Gasteiger partial charge in [0, 0.05) is 22.5 Å². The lowest BCUT2D eigenvalue weighted by Crippen LogP contribution is -2.45. The van der Waals surface area contributed by atoms with Crippen LogP contribution in [0.1, 0.15) is 5.56 Å². The number of amides is 2. The number of rotatable bonds is 5. The molecule has 0 aliphatic carbocycles. The van der Waals surface area contributed by atoms with Crippen LogP contribution in [0.15, 0.2) is 54.7 Å². The second-order valence-electron chi connectivity index (χ2n) is 6.89. The molecule has 2 amide bonds. The molecule has 0 unspecified atom stereocenters. The van der Waals surface area contributed by atoms with E-state index in [1.165, 1.54) is 16.0 Å². The Kier molecular flexibility index (Phi) is 5.79. The minimum atomic E-state index is -4.43. The van der Waals surface area contributed by atoms with Crippen molar-refractivity contribution in [2.75, 3.05) is 28.8 Å². The van der Waals surface area contributed by atoms with Crippen LogP contribution in [0.3, 0.4) is 0 Å². The van der Waals surface area contributed by atoms with Gasteiger partial charge in [0.05, 0.1) is 19.3 Å². The molecule has 2 aromatic carbocycles. The first kappa shape index (κ1) is 21.7. The van der Waals surface area contributed by atoms with Crippen LogP contribution < -0.4 is 19.9 Å². The summed E-state index contributed by atoms with van der Waals surface area (Å²) in [7, 11) is 1.54. The average Bonchev–Trinajstić information content (AvgIpc) is 2.78. The van der Waals surface area contributed by atoms with E-state index in [2.05, 4.69) is 15.3 Å². The van der Waals surface area contributed by atoms with Crippen molar-refractivity contribution in [3.05, 3.63) is 65.3 Å². The highest BCUT2D eigenvalue weighted by Crippen LogP contribution is 2.36. The number of carbonyl (C=O) groups is 1. The lowest BCUT2D eigenvalue weighted by atomic mass is 10.1. The smallest absolute Gasteiger partial charge is 0.405 e. The van der Waals surface area contributed by atoms with E-state index in [0.717, 1.165) is 0 Å². The highest BCUT2D eigenvalue weighted by atomic mass is 35.5. The van der Waals surface area contributed by atoms with Gasteiger partial charge in [-0.1, -0.05) is 11.6 Å². The van der Waals surface area contributed by atoms with Gasteiger partial charge in [0.2, 0.25) is 5.95 Å². The molecule has 1 aliphatic heterocycles. The Morgan fingerprint density at radius 3 is 2.38 bits per heavy atom. The standard InChI is InChI=1S/C21H17ClF3N5O2/c1-32-17-8-6-15(7-9-17)29-11-13-10-26-19(27-12-21(23,24)25)28-18(13)30(20(29)31)16-4-2-14(22)3-5-16/h2-10H,11-12H2,1H3,(H,26,27,28). The van der Waals surface area contributed by atoms with Crippen molar-refractivity contribution in [2.24, 2.45) is 0 Å². The Balaban J connectivity index is 1.75. The van der Waals surface area contributed by atoms with Gasteiger partial charge in [0.1, 0.15) is 12.3 Å². The Morgan fingerprint density at radius 2 is 1.75 bits per heavy atom. The molecular weight excluding hydrogens is 447 g/mol. The number of benzene rings is 2. The normalized spacial score (nSPS) is 13.7. The molecule has 7 nitrogen and oxygen atoms in total. The van der Waals surface area contributed by atoms with Crippen LogP contribution in [-0.4, -0.2) is 35.8 Å². The summed E-state index contributed by atoms with van der Waals surface area (Å²) in [5, 5.41) is 2.63. The zero-order chi connectivity index (χ0) is 22.9. The molecule has 0 saturated heterocycles. The van der Waals surface area contributed by atoms with Gasteiger partial charge in [-0.05, 0) is 48.5 Å². The number of methoxy groups -OCH3 is 1. The molecule has 0 spiro atoms. The first-order valence-electron chi connectivity index (χ1n) is 9.43. The van der Waals surface area contributed by atoms with Crippen molar-refractivity contribution in [3.63, 3.8) is 0 Å². The summed E-state index contributed by atoms with van der Waals surface area (Å²) in [6.07, 6.45) is -3.02. The molecule has 4 rings (SSSR count). The Labute approximate surface area is 186 Å². The number of carbonyl (C=O) groups excluding carboxylic acids is 1. The summed E-state index contributed by atoms with van der Waals surface area (Å²) < 4.78 is 43.0. The predicted octanol–water partition coefficient (Wildman–Crippen LogP) is 5.39. The van der Waals surface area contributed by atoms with Crippen LogP contribution in [0.4, 0.5) is 41.1 Å². The third-order valence-electron chi connectivity index (χ3n) is 4.72. The Morgan fingerprint density at radius 1 is 1.09 bits per heavy atom. The van der Waals surface area contributed by atoms with E-state index in [9.17, 15) is 18.0 Å². The Hall–Kier alpha value is -3.53. The monoisotopic (exact) mass is 463 g/mol.